The van der Waals surface area contributed by atoms with Crippen LogP contribution in [0.25, 0.3) is 0 Å². The fraction of sp³-hybridized carbons (Fsp3) is 0.286. The summed E-state index contributed by atoms with van der Waals surface area (Å²) in [5, 5.41) is 15.5. The van der Waals surface area contributed by atoms with Crippen LogP contribution in [-0.4, -0.2) is 49.9 Å². The third-order valence-electron chi connectivity index (χ3n) is 5.38. The van der Waals surface area contributed by atoms with Gasteiger partial charge in [0, 0.05) is 55.7 Å². The molecule has 0 saturated carbocycles. The van der Waals surface area contributed by atoms with E-state index >= 15 is 0 Å². The van der Waals surface area contributed by atoms with Gasteiger partial charge < -0.3 is 16.5 Å². The minimum absolute atomic E-state index is 0.0302. The van der Waals surface area contributed by atoms with E-state index in [4.69, 9.17) is 11.1 Å². The number of carbonyl (C=O) groups is 1. The summed E-state index contributed by atoms with van der Waals surface area (Å²) in [7, 11) is 0. The molecule has 2 aromatic heterocycles. The van der Waals surface area contributed by atoms with Crippen molar-refractivity contribution >= 4 is 23.6 Å². The summed E-state index contributed by atoms with van der Waals surface area (Å²) in [6.07, 6.45) is 8.86. The number of anilines is 2. The van der Waals surface area contributed by atoms with Gasteiger partial charge in [0.1, 0.15) is 11.4 Å². The number of nitrogens with one attached hydrogen (secondary N) is 2. The van der Waals surface area contributed by atoms with Crippen molar-refractivity contribution in [1.82, 2.24) is 24.6 Å². The normalized spacial score (nSPS) is 19.1. The zero-order valence-corrected chi connectivity index (χ0v) is 16.8. The lowest BCUT2D eigenvalue weighted by molar-refractivity contribution is 0.100. The number of benzene rings is 1. The molecule has 0 spiro atoms. The highest BCUT2D eigenvalue weighted by atomic mass is 19.1. The van der Waals surface area contributed by atoms with Gasteiger partial charge in [0.15, 0.2) is 5.82 Å². The molecule has 0 unspecified atom stereocenters. The van der Waals surface area contributed by atoms with Crippen LogP contribution in [0.1, 0.15) is 28.5 Å². The number of piperidine rings is 1. The largest absolute Gasteiger partial charge is 0.365 e. The fourth-order valence-corrected chi connectivity index (χ4v) is 3.78. The molecule has 1 aromatic carbocycles. The second kappa shape index (κ2) is 9.00. The molecule has 10 heteroatoms. The highest BCUT2D eigenvalue weighted by molar-refractivity contribution is 5.98. The van der Waals surface area contributed by atoms with E-state index in [1.165, 1.54) is 18.3 Å². The van der Waals surface area contributed by atoms with Crippen molar-refractivity contribution in [3.63, 3.8) is 0 Å². The van der Waals surface area contributed by atoms with Crippen molar-refractivity contribution in [1.29, 1.82) is 5.41 Å². The van der Waals surface area contributed by atoms with Crippen molar-refractivity contribution in [2.75, 3.05) is 18.4 Å². The number of nitrogens with zero attached hydrogens (tertiary/aromatic N) is 5. The quantitative estimate of drug-likeness (QED) is 0.502. The van der Waals surface area contributed by atoms with Gasteiger partial charge in [-0.3, -0.25) is 24.3 Å². The van der Waals surface area contributed by atoms with Gasteiger partial charge >= 0.3 is 0 Å². The summed E-state index contributed by atoms with van der Waals surface area (Å²) in [5.41, 5.74) is 7.26. The number of likely N-dealkylation sites (tertiary alicyclic amines) is 1. The van der Waals surface area contributed by atoms with Gasteiger partial charge in [0.05, 0.1) is 11.7 Å². The first-order valence-corrected chi connectivity index (χ1v) is 9.93. The third kappa shape index (κ3) is 4.75. The van der Waals surface area contributed by atoms with E-state index in [1.807, 2.05) is 0 Å². The number of aromatic nitrogens is 4. The Bertz CT molecular complexity index is 1050. The van der Waals surface area contributed by atoms with E-state index in [9.17, 15) is 9.18 Å². The highest BCUT2D eigenvalue weighted by Gasteiger charge is 2.31. The number of amides is 1. The molecular formula is C21H23FN8O. The molecule has 31 heavy (non-hydrogen) atoms. The molecule has 160 valence electrons. The zero-order chi connectivity index (χ0) is 21.8. The van der Waals surface area contributed by atoms with Gasteiger partial charge in [-0.05, 0) is 37.2 Å². The Morgan fingerprint density at radius 1 is 1.32 bits per heavy atom. The molecule has 0 bridgehead atoms. The van der Waals surface area contributed by atoms with Crippen LogP contribution in [0.15, 0.2) is 49.1 Å². The number of nitrogens with two attached hydrogens (primary N) is 1. The molecule has 3 heterocycles. The van der Waals surface area contributed by atoms with Gasteiger partial charge in [-0.1, -0.05) is 0 Å². The molecule has 3 aromatic rings. The summed E-state index contributed by atoms with van der Waals surface area (Å²) < 4.78 is 14.9. The monoisotopic (exact) mass is 422 g/mol. The second-order valence-corrected chi connectivity index (χ2v) is 7.49. The fourth-order valence-electron chi connectivity index (χ4n) is 3.78. The van der Waals surface area contributed by atoms with Gasteiger partial charge in [0.25, 0.3) is 5.91 Å². The first-order chi connectivity index (χ1) is 15.0. The SMILES string of the molecule is N=C[C@@H]1CCN(Cc2cnccn2)C[C@H]1n1cc(C(N)=O)c(Nc2ccc(F)cc2)n1. The number of halogens is 1. The second-order valence-electron chi connectivity index (χ2n) is 7.49. The number of rotatable bonds is 7. The maximum atomic E-state index is 13.2. The first kappa shape index (κ1) is 20.6. The molecule has 1 fully saturated rings. The molecule has 4 rings (SSSR count). The van der Waals surface area contributed by atoms with Crippen molar-refractivity contribution in [3.05, 3.63) is 66.1 Å². The minimum atomic E-state index is -0.616. The zero-order valence-electron chi connectivity index (χ0n) is 16.8. The summed E-state index contributed by atoms with van der Waals surface area (Å²) in [6.45, 7) is 2.09. The van der Waals surface area contributed by atoms with E-state index in [0.29, 0.717) is 24.6 Å². The van der Waals surface area contributed by atoms with Gasteiger partial charge in [-0.25, -0.2) is 4.39 Å². The lowest BCUT2D eigenvalue weighted by atomic mass is 9.92. The van der Waals surface area contributed by atoms with Crippen LogP contribution in [-0.2, 0) is 6.54 Å². The van der Waals surface area contributed by atoms with Gasteiger partial charge in [-0.15, -0.1) is 0 Å². The lowest BCUT2D eigenvalue weighted by Crippen LogP contribution is -2.42. The van der Waals surface area contributed by atoms with Crippen molar-refractivity contribution < 1.29 is 9.18 Å². The Labute approximate surface area is 178 Å². The summed E-state index contributed by atoms with van der Waals surface area (Å²) in [5.74, 6) is -0.703. The Morgan fingerprint density at radius 3 is 2.81 bits per heavy atom. The van der Waals surface area contributed by atoms with Crippen molar-refractivity contribution in [3.8, 4) is 0 Å². The molecule has 1 aliphatic heterocycles. The standard InChI is InChI=1S/C21H23FN8O/c22-15-1-3-16(4-2-15)27-21-18(20(24)31)12-30(28-21)19-13-29(8-5-14(19)9-23)11-17-10-25-6-7-26-17/h1-4,6-7,9-10,12,14,19,23H,5,8,11,13H2,(H2,24,31)(H,27,28)/t14-,19+/m0/s1. The molecule has 1 saturated heterocycles. The summed E-state index contributed by atoms with van der Waals surface area (Å²) in [4.78, 5) is 22.7. The molecule has 9 nitrogen and oxygen atoms in total. The molecule has 1 aliphatic rings. The lowest BCUT2D eigenvalue weighted by Gasteiger charge is -2.36. The number of primary amides is 1. The van der Waals surface area contributed by atoms with E-state index < -0.39 is 5.91 Å². The smallest absolute Gasteiger partial charge is 0.254 e. The average molecular weight is 422 g/mol. The maximum absolute atomic E-state index is 13.2. The Balaban J connectivity index is 1.58. The first-order valence-electron chi connectivity index (χ1n) is 9.93. The van der Waals surface area contributed by atoms with Crippen molar-refractivity contribution in [2.45, 2.75) is 19.0 Å². The Kier molecular flexibility index (Phi) is 5.99. The van der Waals surface area contributed by atoms with Crippen LogP contribution < -0.4 is 11.1 Å². The van der Waals surface area contributed by atoms with E-state index in [2.05, 4.69) is 25.3 Å². The molecule has 0 radical (unpaired) electrons. The average Bonchev–Trinajstić information content (AvgIpc) is 3.20. The third-order valence-corrected chi connectivity index (χ3v) is 5.38. The van der Waals surface area contributed by atoms with Crippen LogP contribution in [0.2, 0.25) is 0 Å². The molecular weight excluding hydrogens is 399 g/mol. The van der Waals surface area contributed by atoms with Crippen LogP contribution in [0.4, 0.5) is 15.9 Å². The molecule has 0 aliphatic carbocycles. The van der Waals surface area contributed by atoms with Crippen LogP contribution >= 0.6 is 0 Å². The van der Waals surface area contributed by atoms with Crippen molar-refractivity contribution in [2.24, 2.45) is 11.7 Å². The predicted octanol–water partition coefficient (Wildman–Crippen LogP) is 2.37. The van der Waals surface area contributed by atoms with Crippen LogP contribution in [0.3, 0.4) is 0 Å². The van der Waals surface area contributed by atoms with E-state index in [1.54, 1.807) is 41.6 Å². The molecule has 2 atom stereocenters. The number of hydrogen-bond donors (Lipinski definition) is 3. The topological polar surface area (TPSA) is 126 Å². The van der Waals surface area contributed by atoms with Gasteiger partial charge in [0.2, 0.25) is 0 Å². The maximum Gasteiger partial charge on any atom is 0.254 e. The number of hydrogen-bond acceptors (Lipinski definition) is 7. The summed E-state index contributed by atoms with van der Waals surface area (Å²) >= 11 is 0. The highest BCUT2D eigenvalue weighted by Crippen LogP contribution is 2.29. The Morgan fingerprint density at radius 2 is 2.13 bits per heavy atom. The Hall–Kier alpha value is -3.66. The van der Waals surface area contributed by atoms with Crippen LogP contribution in [0.5, 0.6) is 0 Å². The predicted molar refractivity (Wildman–Crippen MR) is 114 cm³/mol. The van der Waals surface area contributed by atoms with E-state index in [0.717, 1.165) is 18.7 Å². The van der Waals surface area contributed by atoms with Crippen LogP contribution in [0, 0.1) is 17.1 Å². The molecule has 4 N–H and O–H groups in total. The molecule has 1 amide bonds. The van der Waals surface area contributed by atoms with E-state index in [-0.39, 0.29) is 23.3 Å². The minimum Gasteiger partial charge on any atom is -0.365 e. The summed E-state index contributed by atoms with van der Waals surface area (Å²) in [6, 6.07) is 5.61. The van der Waals surface area contributed by atoms with Gasteiger partial charge in [-0.2, -0.15) is 5.10 Å². The number of carbonyl (C=O) groups excluding carboxylic acids is 1.